The molecule has 6 heteroatoms. The molecule has 1 aliphatic rings. The molecule has 22 heavy (non-hydrogen) atoms. The number of carbonyl (C=O) groups is 1. The molecule has 0 saturated carbocycles. The van der Waals surface area contributed by atoms with Crippen molar-refractivity contribution in [3.05, 3.63) is 39.9 Å². The Balaban J connectivity index is 2.36. The van der Waals surface area contributed by atoms with Crippen LogP contribution in [0.5, 0.6) is 0 Å². The van der Waals surface area contributed by atoms with Gasteiger partial charge in [-0.1, -0.05) is 12.1 Å². The first-order valence-electron chi connectivity index (χ1n) is 7.36. The summed E-state index contributed by atoms with van der Waals surface area (Å²) in [6, 6.07) is 5.87. The number of piperidine rings is 1. The summed E-state index contributed by atoms with van der Waals surface area (Å²) in [7, 11) is 0. The van der Waals surface area contributed by atoms with Crippen molar-refractivity contribution in [2.24, 2.45) is 5.92 Å². The number of rotatable bonds is 3. The van der Waals surface area contributed by atoms with Gasteiger partial charge in [-0.05, 0) is 33.3 Å². The number of aliphatic hydroxyl groups excluding tert-OH is 1. The second kappa shape index (κ2) is 5.44. The molecule has 0 aliphatic carbocycles. The van der Waals surface area contributed by atoms with Gasteiger partial charge in [-0.15, -0.1) is 0 Å². The number of Topliss-reactive ketones (excluding diaryl/α,β-unsaturated/α-hetero) is 1. The molecule has 0 unspecified atom stereocenters. The first kappa shape index (κ1) is 16.6. The third kappa shape index (κ3) is 3.18. The Morgan fingerprint density at radius 1 is 1.36 bits per heavy atom. The maximum absolute atomic E-state index is 12.5. The van der Waals surface area contributed by atoms with Crippen LogP contribution in [0, 0.1) is 16.0 Å². The number of benzene rings is 1. The smallest absolute Gasteiger partial charge is 0.269 e. The molecule has 0 spiro atoms. The van der Waals surface area contributed by atoms with Gasteiger partial charge in [-0.3, -0.25) is 14.9 Å². The molecule has 1 fully saturated rings. The normalized spacial score (nSPS) is 24.8. The Morgan fingerprint density at radius 2 is 2.00 bits per heavy atom. The van der Waals surface area contributed by atoms with Gasteiger partial charge in [-0.25, -0.2) is 0 Å². The van der Waals surface area contributed by atoms with Crippen molar-refractivity contribution in [1.29, 1.82) is 0 Å². The van der Waals surface area contributed by atoms with Crippen LogP contribution in [0.25, 0.3) is 0 Å². The van der Waals surface area contributed by atoms with Crippen molar-refractivity contribution in [2.45, 2.75) is 51.3 Å². The van der Waals surface area contributed by atoms with Crippen LogP contribution in [0.3, 0.4) is 0 Å². The fourth-order valence-corrected chi connectivity index (χ4v) is 3.72. The zero-order valence-corrected chi connectivity index (χ0v) is 13.4. The molecule has 0 bridgehead atoms. The van der Waals surface area contributed by atoms with E-state index in [1.54, 1.807) is 6.07 Å². The minimum absolute atomic E-state index is 0.00324. The van der Waals surface area contributed by atoms with Crippen molar-refractivity contribution < 1.29 is 20.1 Å². The molecule has 0 amide bonds. The topological polar surface area (TPSA) is 97.0 Å². The van der Waals surface area contributed by atoms with Gasteiger partial charge < -0.3 is 10.4 Å². The van der Waals surface area contributed by atoms with Crippen LogP contribution >= 0.6 is 0 Å². The van der Waals surface area contributed by atoms with E-state index in [0.29, 0.717) is 12.0 Å². The van der Waals surface area contributed by atoms with Crippen LogP contribution in [-0.4, -0.2) is 26.9 Å². The standard InChI is InChI=1S/C16H22N2O4/c1-15(2)9-12(19)13(16(3,4)17-15)14(20)10-6-5-7-11(8-10)18(21)22/h5-8,13-14,17,20H,9H2,1-4H3/p+1/t13-,14+/m1/s1. The fourth-order valence-electron chi connectivity index (χ4n) is 3.72. The first-order valence-corrected chi connectivity index (χ1v) is 7.36. The van der Waals surface area contributed by atoms with Crippen molar-refractivity contribution in [1.82, 2.24) is 0 Å². The van der Waals surface area contributed by atoms with Gasteiger partial charge in [0.1, 0.15) is 11.5 Å². The maximum atomic E-state index is 12.5. The third-order valence-corrected chi connectivity index (χ3v) is 4.28. The number of nitro groups is 1. The van der Waals surface area contributed by atoms with Crippen molar-refractivity contribution in [3.8, 4) is 0 Å². The third-order valence-electron chi connectivity index (χ3n) is 4.28. The van der Waals surface area contributed by atoms with Crippen LogP contribution < -0.4 is 5.32 Å². The predicted molar refractivity (Wildman–Crippen MR) is 81.3 cm³/mol. The van der Waals surface area contributed by atoms with E-state index in [9.17, 15) is 20.0 Å². The average molecular weight is 307 g/mol. The maximum Gasteiger partial charge on any atom is 0.269 e. The molecule has 1 saturated heterocycles. The quantitative estimate of drug-likeness (QED) is 0.650. The van der Waals surface area contributed by atoms with E-state index in [1.165, 1.54) is 18.2 Å². The van der Waals surface area contributed by atoms with Crippen LogP contribution in [0.4, 0.5) is 5.69 Å². The Hall–Kier alpha value is -1.79. The molecule has 0 aromatic heterocycles. The molecule has 1 aromatic rings. The Kier molecular flexibility index (Phi) is 4.10. The number of quaternary nitrogens is 1. The lowest BCUT2D eigenvalue weighted by atomic mass is 9.70. The van der Waals surface area contributed by atoms with E-state index >= 15 is 0 Å². The number of ketones is 1. The molecule has 120 valence electrons. The number of hydrogen-bond acceptors (Lipinski definition) is 4. The number of non-ortho nitro benzene ring substituents is 1. The van der Waals surface area contributed by atoms with Gasteiger partial charge in [-0.2, -0.15) is 0 Å². The number of nitrogens with two attached hydrogens (primary N) is 1. The molecular weight excluding hydrogens is 284 g/mol. The van der Waals surface area contributed by atoms with Crippen molar-refractivity contribution in [3.63, 3.8) is 0 Å². The largest absolute Gasteiger partial charge is 0.387 e. The van der Waals surface area contributed by atoms with Gasteiger partial charge in [0.05, 0.1) is 23.0 Å². The van der Waals surface area contributed by atoms with Crippen molar-refractivity contribution in [2.75, 3.05) is 0 Å². The second-order valence-electron chi connectivity index (χ2n) is 7.37. The molecule has 1 aliphatic heterocycles. The average Bonchev–Trinajstić information content (AvgIpc) is 2.35. The zero-order valence-electron chi connectivity index (χ0n) is 13.4. The predicted octanol–water partition coefficient (Wildman–Crippen LogP) is 1.34. The van der Waals surface area contributed by atoms with E-state index in [4.69, 9.17) is 0 Å². The Bertz CT molecular complexity index is 610. The van der Waals surface area contributed by atoms with Crippen LogP contribution in [0.1, 0.15) is 45.8 Å². The molecular formula is C16H23N2O4+. The monoisotopic (exact) mass is 307 g/mol. The lowest BCUT2D eigenvalue weighted by Gasteiger charge is -2.44. The molecule has 2 rings (SSSR count). The number of aliphatic hydroxyl groups is 1. The number of hydrogen-bond donors (Lipinski definition) is 2. The summed E-state index contributed by atoms with van der Waals surface area (Å²) in [5.41, 5.74) is -0.363. The highest BCUT2D eigenvalue weighted by molar-refractivity contribution is 5.84. The van der Waals surface area contributed by atoms with Gasteiger partial charge in [0.15, 0.2) is 5.78 Å². The van der Waals surface area contributed by atoms with Crippen LogP contribution in [-0.2, 0) is 4.79 Å². The summed E-state index contributed by atoms with van der Waals surface area (Å²) in [6.07, 6.45) is -0.678. The fraction of sp³-hybridized carbons (Fsp3) is 0.562. The summed E-state index contributed by atoms with van der Waals surface area (Å²) in [5.74, 6) is -0.598. The van der Waals surface area contributed by atoms with Crippen LogP contribution in [0.2, 0.25) is 0 Å². The summed E-state index contributed by atoms with van der Waals surface area (Å²) < 4.78 is 0. The highest BCUT2D eigenvalue weighted by Crippen LogP contribution is 2.35. The molecule has 3 N–H and O–H groups in total. The Labute approximate surface area is 129 Å². The van der Waals surface area contributed by atoms with E-state index in [2.05, 4.69) is 5.32 Å². The highest BCUT2D eigenvalue weighted by atomic mass is 16.6. The first-order chi connectivity index (χ1) is 10.0. The second-order valence-corrected chi connectivity index (χ2v) is 7.37. The minimum atomic E-state index is -1.05. The van der Waals surface area contributed by atoms with Gasteiger partial charge in [0.25, 0.3) is 5.69 Å². The molecule has 6 nitrogen and oxygen atoms in total. The highest BCUT2D eigenvalue weighted by Gasteiger charge is 2.52. The van der Waals surface area contributed by atoms with E-state index < -0.39 is 22.5 Å². The number of carbonyl (C=O) groups excluding carboxylic acids is 1. The molecule has 0 radical (unpaired) electrons. The summed E-state index contributed by atoms with van der Waals surface area (Å²) >= 11 is 0. The summed E-state index contributed by atoms with van der Waals surface area (Å²) in [4.78, 5) is 22.9. The van der Waals surface area contributed by atoms with E-state index in [0.717, 1.165) is 0 Å². The Morgan fingerprint density at radius 3 is 2.55 bits per heavy atom. The van der Waals surface area contributed by atoms with E-state index in [-0.39, 0.29) is 17.0 Å². The van der Waals surface area contributed by atoms with Crippen molar-refractivity contribution >= 4 is 11.5 Å². The lowest BCUT2D eigenvalue weighted by Crippen LogP contribution is -3.07. The minimum Gasteiger partial charge on any atom is -0.387 e. The summed E-state index contributed by atoms with van der Waals surface area (Å²) in [6.45, 7) is 7.86. The molecule has 1 aromatic carbocycles. The number of nitrogens with zero attached hydrogens (tertiary/aromatic N) is 1. The van der Waals surface area contributed by atoms with Crippen LogP contribution in [0.15, 0.2) is 24.3 Å². The number of nitro benzene ring substituents is 1. The SMILES string of the molecule is CC1(C)CC(=O)[C@H]([C@@H](O)c2cccc([N+](=O)[O-])c2)C(C)(C)[NH2+]1. The lowest BCUT2D eigenvalue weighted by molar-refractivity contribution is -0.788. The molecule has 1 heterocycles. The van der Waals surface area contributed by atoms with Gasteiger partial charge in [0.2, 0.25) is 0 Å². The summed E-state index contributed by atoms with van der Waals surface area (Å²) in [5, 5.41) is 23.6. The molecule has 2 atom stereocenters. The van der Waals surface area contributed by atoms with E-state index in [1.807, 2.05) is 27.7 Å². The van der Waals surface area contributed by atoms with Gasteiger partial charge >= 0.3 is 0 Å². The van der Waals surface area contributed by atoms with Gasteiger partial charge in [0, 0.05) is 12.1 Å². The zero-order chi connectivity index (χ0) is 16.7.